The van der Waals surface area contributed by atoms with Gasteiger partial charge in [0.1, 0.15) is 0 Å². The van der Waals surface area contributed by atoms with Crippen molar-refractivity contribution in [1.29, 1.82) is 0 Å². The first kappa shape index (κ1) is 228. The van der Waals surface area contributed by atoms with E-state index in [1.54, 1.807) is 0 Å². The van der Waals surface area contributed by atoms with Crippen LogP contribution in [0.3, 0.4) is 0 Å². The van der Waals surface area contributed by atoms with E-state index in [0.29, 0.717) is 0 Å². The predicted molar refractivity (Wildman–Crippen MR) is 48.1 cm³/mol. The summed E-state index contributed by atoms with van der Waals surface area (Å²) in [5, 5.41) is 0. The fourth-order valence-corrected chi connectivity index (χ4v) is 0. The zero-order valence-corrected chi connectivity index (χ0v) is 17.6. The third-order valence-electron chi connectivity index (χ3n) is 0. The Balaban J connectivity index is 0. The Kier molecular flexibility index (Phi) is 3750. The Morgan fingerprint density at radius 1 is 0.455 bits per heavy atom. The van der Waals surface area contributed by atoms with Crippen molar-refractivity contribution in [3.05, 3.63) is 0 Å². The zero-order chi connectivity index (χ0) is 0. The largest absolute Gasteiger partial charge is 3.00 e. The molecule has 0 aliphatic heterocycles. The van der Waals surface area contributed by atoms with Crippen molar-refractivity contribution in [3.8, 4) is 0 Å². The van der Waals surface area contributed by atoms with Gasteiger partial charge in [0.05, 0.1) is 0 Å². The third kappa shape index (κ3) is 153. The van der Waals surface area contributed by atoms with E-state index >= 15 is 0 Å². The second kappa shape index (κ2) is 181. The van der Waals surface area contributed by atoms with Gasteiger partial charge in [-0.05, 0) is 0 Å². The minimum atomic E-state index is 0. The summed E-state index contributed by atoms with van der Waals surface area (Å²) in [5.74, 6) is 0. The topological polar surface area (TPSA) is 85.5 Å². The summed E-state index contributed by atoms with van der Waals surface area (Å²) in [5.41, 5.74) is 0. The van der Waals surface area contributed by atoms with Crippen molar-refractivity contribution >= 4 is 128 Å². The van der Waals surface area contributed by atoms with Crippen LogP contribution < -0.4 is 0 Å². The molecule has 0 bridgehead atoms. The predicted octanol–water partition coefficient (Wildman–Crippen LogP) is -3.40. The van der Waals surface area contributed by atoms with Crippen molar-refractivity contribution in [2.24, 2.45) is 0 Å². The van der Waals surface area contributed by atoms with Crippen LogP contribution in [0.1, 0.15) is 0 Å². The van der Waals surface area contributed by atoms with Gasteiger partial charge in [0, 0.05) is 93.4 Å². The van der Waals surface area contributed by atoms with Crippen LogP contribution in [0, 0.1) is 0 Å². The molecule has 0 aliphatic rings. The summed E-state index contributed by atoms with van der Waals surface area (Å²) in [6.07, 6.45) is 0. The van der Waals surface area contributed by atoms with E-state index in [0.717, 1.165) is 0 Å². The van der Waals surface area contributed by atoms with Crippen LogP contribution in [0.4, 0.5) is 0 Å². The number of hydrogen-bond acceptors (Lipinski definition) is 0. The van der Waals surface area contributed by atoms with Crippen molar-refractivity contribution in [1.82, 2.24) is 0 Å². The van der Waals surface area contributed by atoms with Crippen molar-refractivity contribution in [2.75, 3.05) is 0 Å². The summed E-state index contributed by atoms with van der Waals surface area (Å²) < 4.78 is 0. The Labute approximate surface area is 142 Å². The summed E-state index contributed by atoms with van der Waals surface area (Å²) in [4.78, 5) is 0. The molecule has 0 aromatic carbocycles. The van der Waals surface area contributed by atoms with Crippen LogP contribution in [0.2, 0.25) is 0 Å². The zero-order valence-electron chi connectivity index (χ0n) is 5.53. The number of rotatable bonds is 0. The average Bonchev–Trinajstić information content (AvgIpc) is 0. The van der Waals surface area contributed by atoms with Gasteiger partial charge >= 0.3 is 34.7 Å². The van der Waals surface area contributed by atoms with Crippen LogP contribution in [0.15, 0.2) is 0 Å². The fourth-order valence-electron chi connectivity index (χ4n) is 0. The number of hydrogen-bond donors (Lipinski definition) is 0. The minimum absolute atomic E-state index is 0. The van der Waals surface area contributed by atoms with Crippen LogP contribution >= 0.6 is 0 Å². The van der Waals surface area contributed by atoms with E-state index in [-0.39, 0.29) is 145 Å². The molecule has 0 amide bonds. The molecule has 3 nitrogen and oxygen atoms in total. The van der Waals surface area contributed by atoms with Crippen LogP contribution in [-0.2, 0) is 16.4 Å². The van der Waals surface area contributed by atoms with Gasteiger partial charge in [-0.25, -0.2) is 0 Å². The van der Waals surface area contributed by atoms with Gasteiger partial charge in [-0.1, -0.05) is 0 Å². The molecule has 22 radical (unpaired) electrons. The first-order valence-electron chi connectivity index (χ1n) is 0. The molecular weight excluding hydrogens is 594 g/mol. The smallest absolute Gasteiger partial charge is 2.00 e. The average molecular weight is 594 g/mol. The molecule has 0 N–H and O–H groups in total. The summed E-state index contributed by atoms with van der Waals surface area (Å²) in [7, 11) is 0. The third-order valence-corrected chi connectivity index (χ3v) is 0. The Morgan fingerprint density at radius 2 is 0.455 bits per heavy atom. The van der Waals surface area contributed by atoms with Crippen molar-refractivity contribution in [2.45, 2.75) is 0 Å². The molecule has 0 aromatic rings. The minimum Gasteiger partial charge on any atom is -2.00 e. The van der Waals surface area contributed by atoms with Gasteiger partial charge in [-0.3, -0.25) is 0 Å². The van der Waals surface area contributed by atoms with Crippen LogP contribution in [0.5, 0.6) is 0 Å². The maximum Gasteiger partial charge on any atom is 3.00 e. The normalized spacial score (nSPS) is 0. The quantitative estimate of drug-likeness (QED) is 0.262. The van der Waals surface area contributed by atoms with Crippen LogP contribution in [0.25, 0.3) is 0 Å². The van der Waals surface area contributed by atoms with E-state index in [1.807, 2.05) is 0 Å². The van der Waals surface area contributed by atoms with Gasteiger partial charge < -0.3 is 16.4 Å². The molecule has 0 heterocycles. The molecule has 0 saturated carbocycles. The second-order valence-corrected chi connectivity index (χ2v) is 0. The maximum absolute atomic E-state index is 0. The van der Waals surface area contributed by atoms with Gasteiger partial charge in [0.25, 0.3) is 0 Å². The molecule has 0 spiro atoms. The SMILES string of the molecule is [Al+3].[Al+3].[B].[B].[O-2].[O-2].[O-2].[Pb].[Pb].[Si].[Si]. The van der Waals surface area contributed by atoms with Crippen LogP contribution in [-0.4, -0.2) is 128 Å². The molecule has 0 aliphatic carbocycles. The van der Waals surface area contributed by atoms with Gasteiger partial charge in [-0.15, -0.1) is 0 Å². The first-order valence-corrected chi connectivity index (χ1v) is 0. The first-order chi connectivity index (χ1) is 0. The molecule has 0 unspecified atom stereocenters. The standard InChI is InChI=1S/2Al.2B.3O.2Pb.2Si/q2*+3;;;3*-2;;;;. The molecule has 0 fully saturated rings. The second-order valence-electron chi connectivity index (χ2n) is 0. The van der Waals surface area contributed by atoms with E-state index in [9.17, 15) is 0 Å². The van der Waals surface area contributed by atoms with E-state index in [2.05, 4.69) is 0 Å². The van der Waals surface area contributed by atoms with Gasteiger partial charge in [0.2, 0.25) is 0 Å². The molecular formula is Al2B2O3Pb2Si2. The monoisotopic (exact) mass is 596 g/mol. The van der Waals surface area contributed by atoms with Crippen molar-refractivity contribution < 1.29 is 16.4 Å². The molecule has 11 heteroatoms. The van der Waals surface area contributed by atoms with E-state index in [1.165, 1.54) is 0 Å². The Hall–Kier alpha value is 3.35. The maximum atomic E-state index is 0. The molecule has 0 aromatic heterocycles. The fraction of sp³-hybridized carbons (Fsp3) is 0. The molecule has 0 rings (SSSR count). The molecule has 11 heavy (non-hydrogen) atoms. The van der Waals surface area contributed by atoms with Gasteiger partial charge in [0.15, 0.2) is 0 Å². The van der Waals surface area contributed by atoms with E-state index < -0.39 is 0 Å². The molecule has 46 valence electrons. The Morgan fingerprint density at radius 3 is 0.455 bits per heavy atom. The molecule has 0 atom stereocenters. The Bertz CT molecular complexity index is 25.3. The molecule has 0 saturated heterocycles. The van der Waals surface area contributed by atoms with Crippen molar-refractivity contribution in [3.63, 3.8) is 0 Å². The summed E-state index contributed by atoms with van der Waals surface area (Å²) in [6.45, 7) is 0. The summed E-state index contributed by atoms with van der Waals surface area (Å²) >= 11 is 0. The summed E-state index contributed by atoms with van der Waals surface area (Å²) in [6, 6.07) is 0. The van der Waals surface area contributed by atoms with Gasteiger partial charge in [-0.2, -0.15) is 0 Å². The van der Waals surface area contributed by atoms with E-state index in [4.69, 9.17) is 0 Å².